The topological polar surface area (TPSA) is 162 Å². The maximum Gasteiger partial charge on any atom is 0.335 e. The highest BCUT2D eigenvalue weighted by Gasteiger charge is 2.11. The molecule has 144 valence electrons. The summed E-state index contributed by atoms with van der Waals surface area (Å²) >= 11 is 0. The molecule has 1 amide bonds. The summed E-state index contributed by atoms with van der Waals surface area (Å²) in [6.07, 6.45) is 1.21. The van der Waals surface area contributed by atoms with Crippen molar-refractivity contribution in [3.63, 3.8) is 0 Å². The number of benzene rings is 2. The number of nitrogens with zero attached hydrogens (tertiary/aromatic N) is 1. The molecule has 0 spiro atoms. The molecule has 0 aromatic heterocycles. The Labute approximate surface area is 161 Å². The van der Waals surface area contributed by atoms with Crippen LogP contribution in [0, 0.1) is 11.3 Å². The van der Waals surface area contributed by atoms with Gasteiger partial charge in [0.2, 0.25) is 10.0 Å². The van der Waals surface area contributed by atoms with Gasteiger partial charge in [0.15, 0.2) is 0 Å². The zero-order valence-corrected chi connectivity index (χ0v) is 15.2. The smallest absolute Gasteiger partial charge is 0.335 e. The molecular formula is C18H16N4O5S. The number of hydrogen-bond acceptors (Lipinski definition) is 6. The van der Waals surface area contributed by atoms with Gasteiger partial charge in [0.1, 0.15) is 11.6 Å². The Kier molecular flexibility index (Phi) is 6.49. The molecule has 10 heteroatoms. The maximum absolute atomic E-state index is 12.2. The lowest BCUT2D eigenvalue weighted by molar-refractivity contribution is -0.112. The van der Waals surface area contributed by atoms with Gasteiger partial charge in [-0.05, 0) is 35.9 Å². The lowest BCUT2D eigenvalue weighted by Crippen LogP contribution is -2.17. The van der Waals surface area contributed by atoms with Crippen molar-refractivity contribution in [3.8, 4) is 6.07 Å². The third kappa shape index (κ3) is 5.66. The van der Waals surface area contributed by atoms with Crippen molar-refractivity contribution in [1.29, 1.82) is 5.26 Å². The number of nitrogens with one attached hydrogen (secondary N) is 2. The zero-order chi connectivity index (χ0) is 20.7. The number of carboxylic acids is 1. The zero-order valence-electron chi connectivity index (χ0n) is 14.4. The van der Waals surface area contributed by atoms with Crippen molar-refractivity contribution in [2.45, 2.75) is 11.4 Å². The summed E-state index contributed by atoms with van der Waals surface area (Å²) < 4.78 is 22.4. The van der Waals surface area contributed by atoms with Crippen LogP contribution >= 0.6 is 0 Å². The Balaban J connectivity index is 2.01. The van der Waals surface area contributed by atoms with Crippen LogP contribution in [-0.4, -0.2) is 25.4 Å². The molecule has 0 aliphatic rings. The first-order valence-corrected chi connectivity index (χ1v) is 9.35. The molecule has 0 atom stereocenters. The van der Waals surface area contributed by atoms with Gasteiger partial charge in [0, 0.05) is 18.4 Å². The lowest BCUT2D eigenvalue weighted by atomic mass is 10.2. The first kappa shape index (κ1) is 20.6. The van der Waals surface area contributed by atoms with Crippen LogP contribution in [0.1, 0.15) is 15.9 Å². The number of aromatic carboxylic acids is 1. The normalized spacial score (nSPS) is 11.4. The molecule has 9 nitrogen and oxygen atoms in total. The maximum atomic E-state index is 12.2. The minimum absolute atomic E-state index is 0.00125. The van der Waals surface area contributed by atoms with Gasteiger partial charge >= 0.3 is 5.97 Å². The quantitative estimate of drug-likeness (QED) is 0.400. The van der Waals surface area contributed by atoms with E-state index in [2.05, 4.69) is 10.6 Å². The average molecular weight is 400 g/mol. The lowest BCUT2D eigenvalue weighted by Gasteiger charge is -2.06. The predicted molar refractivity (Wildman–Crippen MR) is 100 cm³/mol. The summed E-state index contributed by atoms with van der Waals surface area (Å²) in [4.78, 5) is 23.1. The SMILES string of the molecule is N#C/C(=C/NCc1ccc(S(N)(=O)=O)cc1)C(=O)Nc1cccc(C(=O)O)c1. The summed E-state index contributed by atoms with van der Waals surface area (Å²) in [7, 11) is -3.77. The van der Waals surface area contributed by atoms with Crippen LogP contribution in [0.25, 0.3) is 0 Å². The molecule has 0 fully saturated rings. The molecule has 0 saturated carbocycles. The molecule has 2 aromatic carbocycles. The second kappa shape index (κ2) is 8.81. The summed E-state index contributed by atoms with van der Waals surface area (Å²) in [5, 5.41) is 28.4. The van der Waals surface area contributed by atoms with Gasteiger partial charge in [0.25, 0.3) is 5.91 Å². The molecule has 2 aromatic rings. The van der Waals surface area contributed by atoms with Gasteiger partial charge < -0.3 is 15.7 Å². The number of primary sulfonamides is 1. The fourth-order valence-electron chi connectivity index (χ4n) is 2.14. The highest BCUT2D eigenvalue weighted by atomic mass is 32.2. The fourth-order valence-corrected chi connectivity index (χ4v) is 2.66. The number of carbonyl (C=O) groups excluding carboxylic acids is 1. The Morgan fingerprint density at radius 3 is 2.43 bits per heavy atom. The van der Waals surface area contributed by atoms with E-state index in [-0.39, 0.29) is 28.3 Å². The van der Waals surface area contributed by atoms with Crippen molar-refractivity contribution in [2.75, 3.05) is 5.32 Å². The van der Waals surface area contributed by atoms with Crippen molar-refractivity contribution in [3.05, 3.63) is 71.4 Å². The number of anilines is 1. The van der Waals surface area contributed by atoms with Gasteiger partial charge in [-0.2, -0.15) is 5.26 Å². The number of carboxylic acid groups (broad SMARTS) is 1. The summed E-state index contributed by atoms with van der Waals surface area (Å²) in [6, 6.07) is 13.2. The summed E-state index contributed by atoms with van der Waals surface area (Å²) in [6.45, 7) is 0.234. The molecule has 28 heavy (non-hydrogen) atoms. The number of nitrogens with two attached hydrogens (primary N) is 1. The standard InChI is InChI=1S/C18H16N4O5S/c19-9-14(17(23)22-15-3-1-2-13(8-15)18(24)25)11-21-10-12-4-6-16(7-5-12)28(20,26)27/h1-8,11,21H,10H2,(H,22,23)(H,24,25)(H2,20,26,27)/b14-11-. The summed E-state index contributed by atoms with van der Waals surface area (Å²) in [5.41, 5.74) is 0.725. The Morgan fingerprint density at radius 1 is 1.18 bits per heavy atom. The number of carbonyl (C=O) groups is 2. The van der Waals surface area contributed by atoms with Crippen molar-refractivity contribution in [1.82, 2.24) is 5.32 Å². The molecule has 0 heterocycles. The third-order valence-corrected chi connectivity index (χ3v) is 4.47. The first-order chi connectivity index (χ1) is 13.2. The molecule has 0 saturated heterocycles. The average Bonchev–Trinajstić information content (AvgIpc) is 2.65. The van der Waals surface area contributed by atoms with Crippen LogP contribution in [0.15, 0.2) is 65.2 Å². The molecule has 0 bridgehead atoms. The van der Waals surface area contributed by atoms with E-state index in [0.29, 0.717) is 5.56 Å². The minimum Gasteiger partial charge on any atom is -0.478 e. The third-order valence-electron chi connectivity index (χ3n) is 3.54. The van der Waals surface area contributed by atoms with Gasteiger partial charge in [-0.25, -0.2) is 18.4 Å². The molecule has 0 unspecified atom stereocenters. The number of rotatable bonds is 7. The monoisotopic (exact) mass is 400 g/mol. The number of hydrogen-bond donors (Lipinski definition) is 4. The molecule has 0 radical (unpaired) electrons. The van der Waals surface area contributed by atoms with E-state index < -0.39 is 21.9 Å². The van der Waals surface area contributed by atoms with Crippen molar-refractivity contribution < 1.29 is 23.1 Å². The highest BCUT2D eigenvalue weighted by molar-refractivity contribution is 7.89. The Hall–Kier alpha value is -3.68. The molecule has 2 rings (SSSR count). The van der Waals surface area contributed by atoms with Gasteiger partial charge in [-0.15, -0.1) is 0 Å². The number of amides is 1. The first-order valence-electron chi connectivity index (χ1n) is 7.81. The van der Waals surface area contributed by atoms with E-state index in [1.165, 1.54) is 42.6 Å². The molecular weight excluding hydrogens is 384 g/mol. The van der Waals surface area contributed by atoms with E-state index in [4.69, 9.17) is 15.5 Å². The molecule has 5 N–H and O–H groups in total. The van der Waals surface area contributed by atoms with Crippen LogP contribution in [0.4, 0.5) is 5.69 Å². The van der Waals surface area contributed by atoms with Crippen molar-refractivity contribution in [2.24, 2.45) is 5.14 Å². The Bertz CT molecular complexity index is 1070. The van der Waals surface area contributed by atoms with E-state index in [1.54, 1.807) is 18.2 Å². The predicted octanol–water partition coefficient (Wildman–Crippen LogP) is 1.17. The fraction of sp³-hybridized carbons (Fsp3) is 0.0556. The van der Waals surface area contributed by atoms with Crippen LogP contribution in [0.5, 0.6) is 0 Å². The minimum atomic E-state index is -3.77. The Morgan fingerprint density at radius 2 is 1.86 bits per heavy atom. The van der Waals surface area contributed by atoms with Gasteiger partial charge in [-0.1, -0.05) is 18.2 Å². The number of sulfonamides is 1. The highest BCUT2D eigenvalue weighted by Crippen LogP contribution is 2.12. The van der Waals surface area contributed by atoms with Gasteiger partial charge in [0.05, 0.1) is 10.5 Å². The number of nitriles is 1. The van der Waals surface area contributed by atoms with E-state index >= 15 is 0 Å². The van der Waals surface area contributed by atoms with E-state index in [0.717, 1.165) is 0 Å². The van der Waals surface area contributed by atoms with Crippen LogP contribution in [0.3, 0.4) is 0 Å². The van der Waals surface area contributed by atoms with Crippen LogP contribution < -0.4 is 15.8 Å². The van der Waals surface area contributed by atoms with E-state index in [1.807, 2.05) is 0 Å². The second-order valence-corrected chi connectivity index (χ2v) is 7.14. The molecule has 0 aliphatic heterocycles. The van der Waals surface area contributed by atoms with Gasteiger partial charge in [-0.3, -0.25) is 4.79 Å². The van der Waals surface area contributed by atoms with E-state index in [9.17, 15) is 18.0 Å². The van der Waals surface area contributed by atoms with Crippen molar-refractivity contribution >= 4 is 27.6 Å². The largest absolute Gasteiger partial charge is 0.478 e. The second-order valence-electron chi connectivity index (χ2n) is 5.58. The van der Waals surface area contributed by atoms with Crippen LogP contribution in [0.2, 0.25) is 0 Å². The summed E-state index contributed by atoms with van der Waals surface area (Å²) in [5.74, 6) is -1.84. The van der Waals surface area contributed by atoms with Crippen LogP contribution in [-0.2, 0) is 21.4 Å². The molecule has 0 aliphatic carbocycles.